The quantitative estimate of drug-likeness (QED) is 0.282. The molecule has 1 aliphatic rings. The van der Waals surface area contributed by atoms with Crippen LogP contribution in [0.3, 0.4) is 0 Å². The average molecular weight is 283 g/mol. The van der Waals surface area contributed by atoms with Gasteiger partial charge in [-0.3, -0.25) is 0 Å². The summed E-state index contributed by atoms with van der Waals surface area (Å²) >= 11 is 1.46. The van der Waals surface area contributed by atoms with Gasteiger partial charge in [0.15, 0.2) is 5.16 Å². The van der Waals surface area contributed by atoms with E-state index in [1.807, 2.05) is 6.26 Å². The highest BCUT2D eigenvalue weighted by atomic mass is 32.2. The first kappa shape index (κ1) is 14.4. The number of nitrogens with one attached hydrogen (secondary N) is 2. The van der Waals surface area contributed by atoms with Crippen LogP contribution in [-0.2, 0) is 0 Å². The van der Waals surface area contributed by atoms with E-state index >= 15 is 0 Å². The van der Waals surface area contributed by atoms with Crippen molar-refractivity contribution < 1.29 is 5.11 Å². The average Bonchev–Trinajstić information content (AvgIpc) is 2.47. The van der Waals surface area contributed by atoms with E-state index in [1.54, 1.807) is 6.07 Å². The lowest BCUT2D eigenvalue weighted by Crippen LogP contribution is -2.44. The summed E-state index contributed by atoms with van der Waals surface area (Å²) in [4.78, 5) is 8.65. The molecular weight excluding hydrogens is 262 g/mol. The first-order chi connectivity index (χ1) is 9.21. The summed E-state index contributed by atoms with van der Waals surface area (Å²) in [7, 11) is 0. The van der Waals surface area contributed by atoms with Crippen molar-refractivity contribution >= 4 is 23.4 Å². The maximum Gasteiger partial charge on any atom is 0.191 e. The third-order valence-electron chi connectivity index (χ3n) is 3.54. The fourth-order valence-electron chi connectivity index (χ4n) is 2.48. The van der Waals surface area contributed by atoms with Gasteiger partial charge in [0, 0.05) is 6.07 Å². The second-order valence-corrected chi connectivity index (χ2v) is 5.67. The molecule has 1 saturated carbocycles. The van der Waals surface area contributed by atoms with Crippen molar-refractivity contribution in [1.82, 2.24) is 9.97 Å². The van der Waals surface area contributed by atoms with Crippen LogP contribution >= 0.6 is 11.8 Å². The van der Waals surface area contributed by atoms with Crippen molar-refractivity contribution in [2.24, 2.45) is 5.84 Å². The minimum Gasteiger partial charge on any atom is -0.394 e. The Hall–Kier alpha value is -1.05. The molecule has 6 nitrogen and oxygen atoms in total. The molecule has 106 valence electrons. The molecule has 0 amide bonds. The molecule has 7 heteroatoms. The zero-order valence-corrected chi connectivity index (χ0v) is 12.0. The predicted molar refractivity (Wildman–Crippen MR) is 78.1 cm³/mol. The predicted octanol–water partition coefficient (Wildman–Crippen LogP) is 1.59. The fraction of sp³-hybridized carbons (Fsp3) is 0.667. The van der Waals surface area contributed by atoms with E-state index in [1.165, 1.54) is 18.2 Å². The van der Waals surface area contributed by atoms with Gasteiger partial charge in [-0.15, -0.1) is 0 Å². The highest BCUT2D eigenvalue weighted by Gasteiger charge is 2.31. The van der Waals surface area contributed by atoms with E-state index in [9.17, 15) is 5.11 Å². The minimum absolute atomic E-state index is 0.122. The zero-order chi connectivity index (χ0) is 13.7. The first-order valence-corrected chi connectivity index (χ1v) is 7.72. The second kappa shape index (κ2) is 6.40. The Balaban J connectivity index is 2.20. The number of anilines is 2. The Morgan fingerprint density at radius 2 is 2.00 bits per heavy atom. The van der Waals surface area contributed by atoms with E-state index in [2.05, 4.69) is 20.7 Å². The molecule has 1 fully saturated rings. The van der Waals surface area contributed by atoms with Crippen LogP contribution in [0.4, 0.5) is 11.6 Å². The third kappa shape index (κ3) is 3.49. The molecule has 19 heavy (non-hydrogen) atoms. The summed E-state index contributed by atoms with van der Waals surface area (Å²) in [5.41, 5.74) is 2.29. The molecule has 0 radical (unpaired) electrons. The van der Waals surface area contributed by atoms with Crippen LogP contribution in [0.25, 0.3) is 0 Å². The molecule has 0 atom stereocenters. The topological polar surface area (TPSA) is 96.1 Å². The number of hydrogen-bond donors (Lipinski definition) is 4. The van der Waals surface area contributed by atoms with Crippen molar-refractivity contribution in [3.8, 4) is 0 Å². The Bertz CT molecular complexity index is 400. The number of aliphatic hydroxyl groups excluding tert-OH is 1. The number of hydrazine groups is 1. The van der Waals surface area contributed by atoms with Gasteiger partial charge in [-0.2, -0.15) is 0 Å². The second-order valence-electron chi connectivity index (χ2n) is 4.89. The molecule has 0 spiro atoms. The van der Waals surface area contributed by atoms with E-state index in [-0.39, 0.29) is 12.1 Å². The lowest BCUT2D eigenvalue weighted by Gasteiger charge is -2.37. The van der Waals surface area contributed by atoms with Crippen LogP contribution in [0, 0.1) is 0 Å². The van der Waals surface area contributed by atoms with Crippen LogP contribution in [0.15, 0.2) is 11.2 Å². The van der Waals surface area contributed by atoms with Gasteiger partial charge < -0.3 is 15.8 Å². The smallest absolute Gasteiger partial charge is 0.191 e. The number of nitrogens with two attached hydrogens (primary N) is 1. The summed E-state index contributed by atoms with van der Waals surface area (Å²) in [6.45, 7) is 0.122. The number of rotatable bonds is 5. The van der Waals surface area contributed by atoms with Gasteiger partial charge >= 0.3 is 0 Å². The van der Waals surface area contributed by atoms with Crippen molar-refractivity contribution in [1.29, 1.82) is 0 Å². The zero-order valence-electron chi connectivity index (χ0n) is 11.1. The van der Waals surface area contributed by atoms with E-state index in [0.29, 0.717) is 16.8 Å². The first-order valence-electron chi connectivity index (χ1n) is 6.50. The summed E-state index contributed by atoms with van der Waals surface area (Å²) in [6.07, 6.45) is 7.35. The van der Waals surface area contributed by atoms with Crippen LogP contribution in [0.2, 0.25) is 0 Å². The van der Waals surface area contributed by atoms with Gasteiger partial charge in [-0.1, -0.05) is 31.0 Å². The van der Waals surface area contributed by atoms with Gasteiger partial charge in [-0.25, -0.2) is 15.8 Å². The molecule has 2 rings (SSSR count). The van der Waals surface area contributed by atoms with Crippen LogP contribution in [0.1, 0.15) is 32.1 Å². The molecule has 1 aromatic rings. The largest absolute Gasteiger partial charge is 0.394 e. The molecule has 0 saturated heterocycles. The summed E-state index contributed by atoms with van der Waals surface area (Å²) in [5, 5.41) is 13.7. The number of hydrogen-bond acceptors (Lipinski definition) is 7. The maximum atomic E-state index is 9.70. The molecule has 0 unspecified atom stereocenters. The molecule has 1 aromatic heterocycles. The number of nitrogen functional groups attached to an aromatic ring is 1. The highest BCUT2D eigenvalue weighted by molar-refractivity contribution is 7.98. The van der Waals surface area contributed by atoms with Gasteiger partial charge in [-0.05, 0) is 19.1 Å². The number of aromatic nitrogens is 2. The Labute approximate surface area is 117 Å². The summed E-state index contributed by atoms with van der Waals surface area (Å²) < 4.78 is 0. The maximum absolute atomic E-state index is 9.70. The molecule has 1 heterocycles. The lowest BCUT2D eigenvalue weighted by atomic mass is 9.82. The van der Waals surface area contributed by atoms with Crippen molar-refractivity contribution in [2.45, 2.75) is 42.8 Å². The molecule has 0 aromatic carbocycles. The molecule has 0 aliphatic heterocycles. The summed E-state index contributed by atoms with van der Waals surface area (Å²) in [6, 6.07) is 1.77. The van der Waals surface area contributed by atoms with Crippen molar-refractivity contribution in [3.63, 3.8) is 0 Å². The molecular formula is C12H21N5OS. The normalized spacial score (nSPS) is 18.1. The number of thioether (sulfide) groups is 1. The third-order valence-corrected chi connectivity index (χ3v) is 4.09. The van der Waals surface area contributed by atoms with Gasteiger partial charge in [0.05, 0.1) is 12.1 Å². The van der Waals surface area contributed by atoms with E-state index in [0.717, 1.165) is 25.7 Å². The number of nitrogens with zero attached hydrogens (tertiary/aromatic N) is 2. The lowest BCUT2D eigenvalue weighted by molar-refractivity contribution is 0.172. The molecule has 0 bridgehead atoms. The standard InChI is InChI=1S/C12H21N5OS/c1-19-11-14-9(7-10(15-11)17-13)16-12(8-18)5-3-2-4-6-12/h7,18H,2-6,8,13H2,1H3,(H2,14,15,16,17). The van der Waals surface area contributed by atoms with Gasteiger partial charge in [0.1, 0.15) is 11.6 Å². The Morgan fingerprint density at radius 3 is 2.58 bits per heavy atom. The van der Waals surface area contributed by atoms with Gasteiger partial charge in [0.2, 0.25) is 0 Å². The fourth-order valence-corrected chi connectivity index (χ4v) is 2.86. The van der Waals surface area contributed by atoms with Crippen molar-refractivity contribution in [2.75, 3.05) is 23.6 Å². The summed E-state index contributed by atoms with van der Waals surface area (Å²) in [5.74, 6) is 6.70. The van der Waals surface area contributed by atoms with Gasteiger partial charge in [0.25, 0.3) is 0 Å². The highest BCUT2D eigenvalue weighted by Crippen LogP contribution is 2.31. The minimum atomic E-state index is -0.256. The van der Waals surface area contributed by atoms with E-state index < -0.39 is 0 Å². The monoisotopic (exact) mass is 283 g/mol. The Kier molecular flexibility index (Phi) is 4.84. The van der Waals surface area contributed by atoms with Crippen LogP contribution < -0.4 is 16.6 Å². The van der Waals surface area contributed by atoms with Crippen LogP contribution in [-0.4, -0.2) is 33.5 Å². The SMILES string of the molecule is CSc1nc(NN)cc(NC2(CO)CCCCC2)n1. The molecule has 5 N–H and O–H groups in total. The van der Waals surface area contributed by atoms with Crippen LogP contribution in [0.5, 0.6) is 0 Å². The Morgan fingerprint density at radius 1 is 1.32 bits per heavy atom. The van der Waals surface area contributed by atoms with Crippen molar-refractivity contribution in [3.05, 3.63) is 6.07 Å². The van der Waals surface area contributed by atoms with E-state index in [4.69, 9.17) is 5.84 Å². The molecule has 1 aliphatic carbocycles. The number of aliphatic hydroxyl groups is 1.